The van der Waals surface area contributed by atoms with E-state index in [4.69, 9.17) is 46.4 Å². The minimum Gasteiger partial charge on any atom is -0.464 e. The van der Waals surface area contributed by atoms with E-state index in [-0.39, 0.29) is 16.3 Å². The summed E-state index contributed by atoms with van der Waals surface area (Å²) in [5.74, 6) is -0.643. The molecule has 0 aliphatic heterocycles. The molecule has 0 aliphatic rings. The number of nitrogens with zero attached hydrogens (tertiary/aromatic N) is 1. The highest BCUT2D eigenvalue weighted by molar-refractivity contribution is 6.66. The first-order chi connectivity index (χ1) is 6.86. The Hall–Kier alpha value is -0.220. The highest BCUT2D eigenvalue weighted by Gasteiger charge is 2.25. The average molecular weight is 289 g/mol. The van der Waals surface area contributed by atoms with Gasteiger partial charge in [0.2, 0.25) is 3.79 Å². The first-order valence-corrected chi connectivity index (χ1v) is 5.18. The van der Waals surface area contributed by atoms with Gasteiger partial charge in [-0.05, 0) is 6.07 Å². The van der Waals surface area contributed by atoms with E-state index in [9.17, 15) is 4.79 Å². The number of pyridine rings is 1. The number of carbonyl (C=O) groups excluding carboxylic acids is 1. The Labute approximate surface area is 106 Å². The van der Waals surface area contributed by atoms with Crippen molar-refractivity contribution < 1.29 is 9.53 Å². The second kappa shape index (κ2) is 4.74. The summed E-state index contributed by atoms with van der Waals surface area (Å²) in [5, 5.41) is 0.0747. The number of ether oxygens (including phenoxy) is 1. The minimum atomic E-state index is -1.62. The average Bonchev–Trinajstić information content (AvgIpc) is 2.15. The molecule has 0 atom stereocenters. The van der Waals surface area contributed by atoms with Crippen LogP contribution in [0.5, 0.6) is 0 Å². The van der Waals surface area contributed by atoms with Gasteiger partial charge in [0, 0.05) is 11.8 Å². The largest absolute Gasteiger partial charge is 0.464 e. The van der Waals surface area contributed by atoms with Gasteiger partial charge < -0.3 is 4.74 Å². The summed E-state index contributed by atoms with van der Waals surface area (Å²) in [5.41, 5.74) is 0.266. The monoisotopic (exact) mass is 287 g/mol. The fourth-order valence-corrected chi connectivity index (χ4v) is 1.39. The summed E-state index contributed by atoms with van der Waals surface area (Å²) < 4.78 is 2.84. The van der Waals surface area contributed by atoms with Gasteiger partial charge in [0.05, 0.1) is 12.1 Å². The van der Waals surface area contributed by atoms with E-state index >= 15 is 0 Å². The molecule has 0 aliphatic carbocycles. The van der Waals surface area contributed by atoms with Crippen molar-refractivity contribution in [1.29, 1.82) is 0 Å². The van der Waals surface area contributed by atoms with Gasteiger partial charge in [-0.3, -0.25) is 0 Å². The Morgan fingerprint density at radius 2 is 2.07 bits per heavy atom. The molecule has 0 aromatic carbocycles. The molecule has 0 spiro atoms. The number of halogens is 4. The lowest BCUT2D eigenvalue weighted by molar-refractivity contribution is 0.0594. The van der Waals surface area contributed by atoms with Gasteiger partial charge in [0.25, 0.3) is 0 Å². The van der Waals surface area contributed by atoms with E-state index in [1.54, 1.807) is 0 Å². The van der Waals surface area contributed by atoms with Gasteiger partial charge in [-0.25, -0.2) is 9.78 Å². The third-order valence-electron chi connectivity index (χ3n) is 1.55. The van der Waals surface area contributed by atoms with Crippen LogP contribution in [0.4, 0.5) is 0 Å². The number of alkyl halides is 3. The second-order valence-electron chi connectivity index (χ2n) is 2.54. The maximum Gasteiger partial charge on any atom is 0.358 e. The van der Waals surface area contributed by atoms with Crippen LogP contribution in [0, 0.1) is 0 Å². The Balaban J connectivity index is 3.15. The normalized spacial score (nSPS) is 11.3. The van der Waals surface area contributed by atoms with E-state index in [1.807, 2.05) is 0 Å². The van der Waals surface area contributed by atoms with Gasteiger partial charge in [-0.2, -0.15) is 0 Å². The lowest BCUT2D eigenvalue weighted by atomic mass is 10.2. The first kappa shape index (κ1) is 12.8. The molecule has 1 aromatic rings. The summed E-state index contributed by atoms with van der Waals surface area (Å²) in [7, 11) is 1.23. The van der Waals surface area contributed by atoms with Crippen LogP contribution in [0.15, 0.2) is 12.3 Å². The zero-order chi connectivity index (χ0) is 11.6. The van der Waals surface area contributed by atoms with Crippen molar-refractivity contribution in [2.75, 3.05) is 7.11 Å². The maximum atomic E-state index is 11.1. The fourth-order valence-electron chi connectivity index (χ4n) is 0.840. The molecule has 0 saturated heterocycles. The van der Waals surface area contributed by atoms with Crippen LogP contribution in [0.1, 0.15) is 16.1 Å². The molecule has 82 valence electrons. The summed E-state index contributed by atoms with van der Waals surface area (Å²) in [4.78, 5) is 14.9. The van der Waals surface area contributed by atoms with Crippen LogP contribution in [0.25, 0.3) is 0 Å². The lowest BCUT2D eigenvalue weighted by Crippen LogP contribution is -2.08. The minimum absolute atomic E-state index is 0.0165. The molecule has 0 bridgehead atoms. The zero-order valence-electron chi connectivity index (χ0n) is 7.43. The van der Waals surface area contributed by atoms with Gasteiger partial charge in [0.1, 0.15) is 0 Å². The first-order valence-electron chi connectivity index (χ1n) is 3.67. The van der Waals surface area contributed by atoms with E-state index in [1.165, 1.54) is 19.4 Å². The summed E-state index contributed by atoms with van der Waals surface area (Å²) in [6.07, 6.45) is 1.26. The molecule has 1 aromatic heterocycles. The van der Waals surface area contributed by atoms with E-state index in [2.05, 4.69) is 9.72 Å². The van der Waals surface area contributed by atoms with E-state index in [0.29, 0.717) is 0 Å². The van der Waals surface area contributed by atoms with E-state index in [0.717, 1.165) is 0 Å². The maximum absolute atomic E-state index is 11.1. The smallest absolute Gasteiger partial charge is 0.358 e. The van der Waals surface area contributed by atoms with Crippen molar-refractivity contribution in [3.8, 4) is 0 Å². The van der Waals surface area contributed by atoms with Crippen LogP contribution in [0.3, 0.4) is 0 Å². The van der Waals surface area contributed by atoms with Gasteiger partial charge in [0.15, 0.2) is 5.69 Å². The topological polar surface area (TPSA) is 39.2 Å². The molecule has 0 radical (unpaired) electrons. The van der Waals surface area contributed by atoms with Crippen molar-refractivity contribution >= 4 is 52.4 Å². The van der Waals surface area contributed by atoms with Gasteiger partial charge >= 0.3 is 5.97 Å². The third kappa shape index (κ3) is 3.11. The molecule has 0 saturated carbocycles. The molecule has 1 rings (SSSR count). The molecule has 7 heteroatoms. The van der Waals surface area contributed by atoms with Crippen LogP contribution in [-0.2, 0) is 8.53 Å². The lowest BCUT2D eigenvalue weighted by Gasteiger charge is -2.11. The second-order valence-corrected chi connectivity index (χ2v) is 5.23. The molecular formula is C8H5Cl4NO2. The molecule has 1 heterocycles. The molecule has 3 nitrogen and oxygen atoms in total. The Morgan fingerprint density at radius 1 is 1.47 bits per heavy atom. The predicted molar refractivity (Wildman–Crippen MR) is 59.8 cm³/mol. The molecule has 0 amide bonds. The van der Waals surface area contributed by atoms with Gasteiger partial charge in [-0.15, -0.1) is 0 Å². The summed E-state index contributed by atoms with van der Waals surface area (Å²) in [6, 6.07) is 1.35. The highest BCUT2D eigenvalue weighted by Crippen LogP contribution is 2.38. The number of esters is 1. The fraction of sp³-hybridized carbons (Fsp3) is 0.250. The quantitative estimate of drug-likeness (QED) is 0.588. The molecule has 0 fully saturated rings. The third-order valence-corrected chi connectivity index (χ3v) is 2.49. The standard InChI is InChI=1S/C8H5Cl4NO2/c1-15-7(14)6-5(9)2-4(3-13-6)8(10,11)12/h2-3H,1H3. The van der Waals surface area contributed by atoms with Crippen LogP contribution in [0.2, 0.25) is 5.02 Å². The molecule has 0 unspecified atom stereocenters. The van der Waals surface area contributed by atoms with Gasteiger partial charge in [-0.1, -0.05) is 46.4 Å². The van der Waals surface area contributed by atoms with Crippen LogP contribution >= 0.6 is 46.4 Å². The summed E-state index contributed by atoms with van der Waals surface area (Å²) >= 11 is 22.6. The number of methoxy groups -OCH3 is 1. The molecule has 15 heavy (non-hydrogen) atoms. The number of rotatable bonds is 1. The van der Waals surface area contributed by atoms with Crippen molar-refractivity contribution in [3.63, 3.8) is 0 Å². The van der Waals surface area contributed by atoms with Crippen molar-refractivity contribution in [1.82, 2.24) is 4.98 Å². The van der Waals surface area contributed by atoms with E-state index < -0.39 is 9.76 Å². The summed E-state index contributed by atoms with van der Waals surface area (Å²) in [6.45, 7) is 0. The number of carbonyl (C=O) groups is 1. The van der Waals surface area contributed by atoms with Crippen LogP contribution in [-0.4, -0.2) is 18.1 Å². The van der Waals surface area contributed by atoms with Crippen molar-refractivity contribution in [3.05, 3.63) is 28.5 Å². The van der Waals surface area contributed by atoms with Crippen molar-refractivity contribution in [2.24, 2.45) is 0 Å². The predicted octanol–water partition coefficient (Wildman–Crippen LogP) is 3.35. The Bertz CT molecular complexity index is 389. The number of aromatic nitrogens is 1. The molecular weight excluding hydrogens is 284 g/mol. The number of hydrogen-bond donors (Lipinski definition) is 0. The SMILES string of the molecule is COC(=O)c1ncc(C(Cl)(Cl)Cl)cc1Cl. The van der Waals surface area contributed by atoms with Crippen molar-refractivity contribution in [2.45, 2.75) is 3.79 Å². The molecule has 0 N–H and O–H groups in total. The Morgan fingerprint density at radius 3 is 2.47 bits per heavy atom. The number of hydrogen-bond acceptors (Lipinski definition) is 3. The Kier molecular flexibility index (Phi) is 4.06. The van der Waals surface area contributed by atoms with Crippen LogP contribution < -0.4 is 0 Å². The zero-order valence-corrected chi connectivity index (χ0v) is 10.5. The highest BCUT2D eigenvalue weighted by atomic mass is 35.6.